The van der Waals surface area contributed by atoms with Gasteiger partial charge in [0, 0.05) is 10.9 Å². The molecule has 29 heavy (non-hydrogen) atoms. The van der Waals surface area contributed by atoms with Gasteiger partial charge in [-0.15, -0.1) is 11.6 Å². The van der Waals surface area contributed by atoms with Gasteiger partial charge in [0.15, 0.2) is 0 Å². The molecule has 5 heteroatoms. The minimum Gasteiger partial charge on any atom is -0.274 e. The second kappa shape index (κ2) is 5.71. The Bertz CT molecular complexity index is 1170. The highest BCUT2D eigenvalue weighted by molar-refractivity contribution is 6.34. The molecule has 7 rings (SSSR count). The van der Waals surface area contributed by atoms with Gasteiger partial charge in [0.25, 0.3) is 0 Å². The number of carbonyl (C=O) groups excluding carboxylic acids is 2. The third-order valence-corrected chi connectivity index (χ3v) is 7.46. The fraction of sp³-hybridized carbons (Fsp3) is 0.167. The van der Waals surface area contributed by atoms with Crippen LogP contribution in [0.2, 0.25) is 5.02 Å². The fourth-order valence-electron chi connectivity index (χ4n) is 5.55. The highest BCUT2D eigenvalue weighted by Crippen LogP contribution is 2.65. The van der Waals surface area contributed by atoms with Crippen LogP contribution in [0, 0.1) is 11.8 Å². The number of benzene rings is 3. The molecule has 3 nitrogen and oxygen atoms in total. The molecule has 4 aliphatic rings. The summed E-state index contributed by atoms with van der Waals surface area (Å²) in [4.78, 5) is 27.5. The highest BCUT2D eigenvalue weighted by atomic mass is 35.5. The number of amides is 2. The van der Waals surface area contributed by atoms with Crippen LogP contribution in [0.4, 0.5) is 5.69 Å². The first-order valence-electron chi connectivity index (χ1n) is 9.54. The minimum atomic E-state index is -1.06. The van der Waals surface area contributed by atoms with Crippen molar-refractivity contribution < 1.29 is 9.59 Å². The van der Waals surface area contributed by atoms with Crippen molar-refractivity contribution in [1.29, 1.82) is 0 Å². The molecule has 1 heterocycles. The standard InChI is InChI=1S/C24H15Cl2NO2/c25-13-6-5-7-14(12-13)27-22(28)20-19-15-8-1-3-10-17(15)24(26,21(20)23(27)29)18-11-4-2-9-16(18)19/h1-12,19-21H/t19?,20-,21-,24?/m1/s1. The largest absolute Gasteiger partial charge is 0.274 e. The predicted molar refractivity (Wildman–Crippen MR) is 112 cm³/mol. The topological polar surface area (TPSA) is 37.4 Å². The summed E-state index contributed by atoms with van der Waals surface area (Å²) in [5.74, 6) is -1.82. The molecule has 3 aromatic rings. The molecule has 1 saturated heterocycles. The summed E-state index contributed by atoms with van der Waals surface area (Å²) >= 11 is 13.5. The third-order valence-electron chi connectivity index (χ3n) is 6.58. The van der Waals surface area contributed by atoms with Gasteiger partial charge in [0.05, 0.1) is 17.5 Å². The molecule has 0 N–H and O–H groups in total. The lowest BCUT2D eigenvalue weighted by molar-refractivity contribution is -0.122. The molecule has 2 amide bonds. The highest BCUT2D eigenvalue weighted by Gasteiger charge is 2.67. The van der Waals surface area contributed by atoms with Gasteiger partial charge >= 0.3 is 0 Å². The van der Waals surface area contributed by atoms with E-state index in [1.54, 1.807) is 24.3 Å². The van der Waals surface area contributed by atoms with Crippen LogP contribution in [-0.2, 0) is 14.5 Å². The van der Waals surface area contributed by atoms with Crippen molar-refractivity contribution in [2.75, 3.05) is 4.90 Å². The van der Waals surface area contributed by atoms with Gasteiger partial charge in [0.1, 0.15) is 4.87 Å². The summed E-state index contributed by atoms with van der Waals surface area (Å²) in [6.45, 7) is 0. The smallest absolute Gasteiger partial charge is 0.240 e. The Labute approximate surface area is 177 Å². The van der Waals surface area contributed by atoms with E-state index < -0.39 is 16.7 Å². The normalized spacial score (nSPS) is 28.9. The molecular formula is C24H15Cl2NO2. The van der Waals surface area contributed by atoms with Crippen LogP contribution in [0.15, 0.2) is 72.8 Å². The first-order chi connectivity index (χ1) is 14.0. The maximum Gasteiger partial charge on any atom is 0.240 e. The van der Waals surface area contributed by atoms with Gasteiger partial charge in [-0.2, -0.15) is 0 Å². The molecule has 3 aliphatic carbocycles. The van der Waals surface area contributed by atoms with Crippen LogP contribution in [0.3, 0.4) is 0 Å². The van der Waals surface area contributed by atoms with E-state index in [9.17, 15) is 9.59 Å². The lowest BCUT2D eigenvalue weighted by Crippen LogP contribution is -2.50. The van der Waals surface area contributed by atoms with Crippen LogP contribution in [0.25, 0.3) is 0 Å². The predicted octanol–water partition coefficient (Wildman–Crippen LogP) is 5.09. The molecule has 0 aromatic heterocycles. The Morgan fingerprint density at radius 1 is 0.793 bits per heavy atom. The number of hydrogen-bond donors (Lipinski definition) is 0. The molecule has 1 aliphatic heterocycles. The molecule has 0 spiro atoms. The lowest BCUT2D eigenvalue weighted by atomic mass is 9.54. The summed E-state index contributed by atoms with van der Waals surface area (Å²) < 4.78 is 0. The molecule has 142 valence electrons. The van der Waals surface area contributed by atoms with E-state index >= 15 is 0 Å². The summed E-state index contributed by atoms with van der Waals surface area (Å²) in [7, 11) is 0. The van der Waals surface area contributed by atoms with E-state index in [0.717, 1.165) is 22.3 Å². The summed E-state index contributed by atoms with van der Waals surface area (Å²) in [5, 5.41) is 0.480. The molecular weight excluding hydrogens is 405 g/mol. The number of carbonyl (C=O) groups is 2. The van der Waals surface area contributed by atoms with Crippen LogP contribution >= 0.6 is 23.2 Å². The molecule has 2 atom stereocenters. The van der Waals surface area contributed by atoms with E-state index in [1.165, 1.54) is 4.90 Å². The van der Waals surface area contributed by atoms with Gasteiger partial charge in [-0.25, -0.2) is 4.90 Å². The van der Waals surface area contributed by atoms with Crippen molar-refractivity contribution in [3.05, 3.63) is 100 Å². The van der Waals surface area contributed by atoms with Gasteiger partial charge in [-0.05, 0) is 40.5 Å². The van der Waals surface area contributed by atoms with Crippen molar-refractivity contribution in [3.63, 3.8) is 0 Å². The van der Waals surface area contributed by atoms with E-state index in [0.29, 0.717) is 10.7 Å². The van der Waals surface area contributed by atoms with Crippen LogP contribution in [0.5, 0.6) is 0 Å². The maximum atomic E-state index is 13.7. The van der Waals surface area contributed by atoms with E-state index in [4.69, 9.17) is 23.2 Å². The summed E-state index contributed by atoms with van der Waals surface area (Å²) in [6, 6.07) is 22.7. The maximum absolute atomic E-state index is 13.7. The van der Waals surface area contributed by atoms with Gasteiger partial charge < -0.3 is 0 Å². The number of anilines is 1. The third kappa shape index (κ3) is 2.00. The molecule has 0 radical (unpaired) electrons. The Hall–Kier alpha value is -2.62. The molecule has 0 unspecified atom stereocenters. The van der Waals surface area contributed by atoms with Gasteiger partial charge in [-0.3, -0.25) is 9.59 Å². The number of rotatable bonds is 1. The van der Waals surface area contributed by atoms with Crippen LogP contribution < -0.4 is 4.90 Å². The quantitative estimate of drug-likeness (QED) is 0.407. The summed E-state index contributed by atoms with van der Waals surface area (Å²) in [5.41, 5.74) is 4.43. The van der Waals surface area contributed by atoms with Crippen molar-refractivity contribution in [2.24, 2.45) is 11.8 Å². The molecule has 3 aromatic carbocycles. The molecule has 0 saturated carbocycles. The van der Waals surface area contributed by atoms with E-state index in [1.807, 2.05) is 48.5 Å². The van der Waals surface area contributed by atoms with Gasteiger partial charge in [-0.1, -0.05) is 66.2 Å². The lowest BCUT2D eigenvalue weighted by Gasteiger charge is -2.50. The van der Waals surface area contributed by atoms with Crippen molar-refractivity contribution in [3.8, 4) is 0 Å². The first kappa shape index (κ1) is 17.3. The second-order valence-electron chi connectivity index (χ2n) is 7.86. The average molecular weight is 420 g/mol. The number of imide groups is 1. The fourth-order valence-corrected chi connectivity index (χ4v) is 6.31. The Balaban J connectivity index is 1.63. The van der Waals surface area contributed by atoms with Crippen LogP contribution in [-0.4, -0.2) is 11.8 Å². The zero-order chi connectivity index (χ0) is 19.9. The number of hydrogen-bond acceptors (Lipinski definition) is 2. The summed E-state index contributed by atoms with van der Waals surface area (Å²) in [6.07, 6.45) is 0. The zero-order valence-electron chi connectivity index (χ0n) is 15.2. The van der Waals surface area contributed by atoms with E-state index in [2.05, 4.69) is 0 Å². The number of nitrogens with zero attached hydrogens (tertiary/aromatic N) is 1. The Kier molecular flexibility index (Phi) is 3.40. The monoisotopic (exact) mass is 419 g/mol. The SMILES string of the molecule is O=C1[C@@H]2C3c4ccccc4C(Cl)(c4ccccc43)[C@H]2C(=O)N1c1cccc(Cl)c1. The number of halogens is 2. The van der Waals surface area contributed by atoms with Gasteiger partial charge in [0.2, 0.25) is 11.8 Å². The Morgan fingerprint density at radius 2 is 1.41 bits per heavy atom. The minimum absolute atomic E-state index is 0.186. The van der Waals surface area contributed by atoms with Crippen molar-refractivity contribution in [1.82, 2.24) is 0 Å². The van der Waals surface area contributed by atoms with Crippen LogP contribution in [0.1, 0.15) is 28.2 Å². The van der Waals surface area contributed by atoms with Crippen molar-refractivity contribution >= 4 is 40.7 Å². The average Bonchev–Trinajstić information content (AvgIpc) is 3.00. The first-order valence-corrected chi connectivity index (χ1v) is 10.3. The molecule has 1 fully saturated rings. The number of alkyl halides is 1. The second-order valence-corrected chi connectivity index (χ2v) is 8.89. The van der Waals surface area contributed by atoms with Crippen molar-refractivity contribution in [2.45, 2.75) is 10.8 Å². The van der Waals surface area contributed by atoms with E-state index in [-0.39, 0.29) is 17.7 Å². The molecule has 2 bridgehead atoms. The Morgan fingerprint density at radius 3 is 2.03 bits per heavy atom. The zero-order valence-corrected chi connectivity index (χ0v) is 16.7.